The standard InChI is InChI=1S/C28H53N3O2/c1-8-9-22-30(4,5)23-18-14-12-10-11-13-15-19-24-31(6,7)25-26-20-16-17-21-27(26)33-28(32)29(2)3/h16-17,20-21H,8-15,18-19,22-25H2,1-7H3/q+2. The zero-order valence-electron chi connectivity index (χ0n) is 22.9. The van der Waals surface area contributed by atoms with Crippen LogP contribution in [0, 0.1) is 0 Å². The number of rotatable bonds is 17. The van der Waals surface area contributed by atoms with Gasteiger partial charge >= 0.3 is 6.09 Å². The topological polar surface area (TPSA) is 29.5 Å². The van der Waals surface area contributed by atoms with Gasteiger partial charge in [0, 0.05) is 19.7 Å². The van der Waals surface area contributed by atoms with Crippen LogP contribution >= 0.6 is 0 Å². The molecule has 1 aromatic rings. The Morgan fingerprint density at radius 2 is 1.24 bits per heavy atom. The summed E-state index contributed by atoms with van der Waals surface area (Å²) in [5, 5.41) is 0. The van der Waals surface area contributed by atoms with Crippen LogP contribution in [0.2, 0.25) is 0 Å². The van der Waals surface area contributed by atoms with Crippen molar-refractivity contribution in [3.63, 3.8) is 0 Å². The molecule has 0 heterocycles. The number of ether oxygens (including phenoxy) is 1. The van der Waals surface area contributed by atoms with Gasteiger partial charge < -0.3 is 18.6 Å². The van der Waals surface area contributed by atoms with Crippen molar-refractivity contribution in [2.45, 2.75) is 77.7 Å². The molecule has 5 nitrogen and oxygen atoms in total. The molecule has 0 saturated carbocycles. The number of hydrogen-bond donors (Lipinski definition) is 0. The zero-order chi connectivity index (χ0) is 24.7. The number of nitrogens with zero attached hydrogens (tertiary/aromatic N) is 3. The third-order valence-corrected chi connectivity index (χ3v) is 6.53. The van der Waals surface area contributed by atoms with Gasteiger partial charge in [0.25, 0.3) is 0 Å². The van der Waals surface area contributed by atoms with E-state index in [1.165, 1.54) is 86.7 Å². The lowest BCUT2D eigenvalue weighted by molar-refractivity contribution is -0.903. The highest BCUT2D eigenvalue weighted by atomic mass is 16.6. The molecule has 0 radical (unpaired) electrons. The van der Waals surface area contributed by atoms with Crippen molar-refractivity contribution in [2.75, 3.05) is 61.9 Å². The first-order valence-electron chi connectivity index (χ1n) is 13.2. The lowest BCUT2D eigenvalue weighted by Gasteiger charge is -2.30. The average Bonchev–Trinajstić information content (AvgIpc) is 2.74. The Morgan fingerprint density at radius 3 is 1.79 bits per heavy atom. The number of benzene rings is 1. The van der Waals surface area contributed by atoms with Gasteiger partial charge in [0.1, 0.15) is 12.3 Å². The summed E-state index contributed by atoms with van der Waals surface area (Å²) in [6.45, 7) is 6.93. The Bertz CT molecular complexity index is 671. The SMILES string of the molecule is CCCC[N+](C)(C)CCCCCCCCCC[N+](C)(C)Cc1ccccc1OC(=O)N(C)C. The normalized spacial score (nSPS) is 12.1. The second-order valence-corrected chi connectivity index (χ2v) is 11.3. The maximum atomic E-state index is 12.0. The number of amides is 1. The fourth-order valence-electron chi connectivity index (χ4n) is 4.30. The first kappa shape index (κ1) is 29.4. The molecule has 0 N–H and O–H groups in total. The Kier molecular flexibility index (Phi) is 13.7. The molecular formula is C28H53N3O2+2. The van der Waals surface area contributed by atoms with Crippen molar-refractivity contribution in [3.05, 3.63) is 29.8 Å². The van der Waals surface area contributed by atoms with Crippen LogP contribution in [0.1, 0.15) is 76.7 Å². The molecule has 1 rings (SSSR count). The van der Waals surface area contributed by atoms with Crippen LogP contribution in [-0.2, 0) is 6.54 Å². The second-order valence-electron chi connectivity index (χ2n) is 11.3. The molecule has 33 heavy (non-hydrogen) atoms. The minimum Gasteiger partial charge on any atom is -0.410 e. The Labute approximate surface area is 204 Å². The van der Waals surface area contributed by atoms with Gasteiger partial charge in [-0.3, -0.25) is 0 Å². The summed E-state index contributed by atoms with van der Waals surface area (Å²) in [6.07, 6.45) is 13.1. The fourth-order valence-corrected chi connectivity index (χ4v) is 4.30. The van der Waals surface area contributed by atoms with E-state index in [1.807, 2.05) is 18.2 Å². The van der Waals surface area contributed by atoms with E-state index < -0.39 is 0 Å². The lowest BCUT2D eigenvalue weighted by atomic mass is 10.1. The van der Waals surface area contributed by atoms with Gasteiger partial charge in [-0.15, -0.1) is 0 Å². The predicted molar refractivity (Wildman–Crippen MR) is 141 cm³/mol. The molecule has 5 heteroatoms. The molecule has 0 aliphatic heterocycles. The Morgan fingerprint density at radius 1 is 0.758 bits per heavy atom. The van der Waals surface area contributed by atoms with E-state index in [-0.39, 0.29) is 6.09 Å². The van der Waals surface area contributed by atoms with Crippen molar-refractivity contribution in [3.8, 4) is 5.75 Å². The number of carbonyl (C=O) groups is 1. The number of unbranched alkanes of at least 4 members (excludes halogenated alkanes) is 8. The maximum absolute atomic E-state index is 12.0. The highest BCUT2D eigenvalue weighted by Gasteiger charge is 2.20. The third-order valence-electron chi connectivity index (χ3n) is 6.53. The van der Waals surface area contributed by atoms with Gasteiger partial charge in [0.15, 0.2) is 0 Å². The molecule has 0 atom stereocenters. The van der Waals surface area contributed by atoms with Crippen LogP contribution in [0.25, 0.3) is 0 Å². The van der Waals surface area contributed by atoms with Crippen molar-refractivity contribution < 1.29 is 18.5 Å². The summed E-state index contributed by atoms with van der Waals surface area (Å²) < 4.78 is 7.65. The molecule has 1 amide bonds. The van der Waals surface area contributed by atoms with E-state index in [0.717, 1.165) is 23.1 Å². The summed E-state index contributed by atoms with van der Waals surface area (Å²) >= 11 is 0. The molecule has 0 aliphatic carbocycles. The van der Waals surface area contributed by atoms with Gasteiger partial charge in [0.2, 0.25) is 0 Å². The maximum Gasteiger partial charge on any atom is 0.414 e. The largest absolute Gasteiger partial charge is 0.414 e. The lowest BCUT2D eigenvalue weighted by Crippen LogP contribution is -2.41. The van der Waals surface area contributed by atoms with Crippen LogP contribution < -0.4 is 4.74 Å². The summed E-state index contributed by atoms with van der Waals surface area (Å²) in [5.74, 6) is 0.676. The quantitative estimate of drug-likeness (QED) is 0.200. The zero-order valence-corrected chi connectivity index (χ0v) is 22.9. The second kappa shape index (κ2) is 15.3. The highest BCUT2D eigenvalue weighted by molar-refractivity contribution is 5.70. The van der Waals surface area contributed by atoms with Crippen LogP contribution in [0.15, 0.2) is 24.3 Å². The summed E-state index contributed by atoms with van der Waals surface area (Å²) in [4.78, 5) is 13.4. The molecule has 0 aliphatic rings. The van der Waals surface area contributed by atoms with Crippen molar-refractivity contribution >= 4 is 6.09 Å². The molecule has 0 unspecified atom stereocenters. The van der Waals surface area contributed by atoms with E-state index in [9.17, 15) is 4.79 Å². The molecule has 1 aromatic carbocycles. The van der Waals surface area contributed by atoms with Gasteiger partial charge in [-0.25, -0.2) is 4.79 Å². The average molecular weight is 464 g/mol. The number of quaternary nitrogens is 2. The number of para-hydroxylation sites is 1. The molecule has 0 bridgehead atoms. The predicted octanol–water partition coefficient (Wildman–Crippen LogP) is 6.32. The van der Waals surface area contributed by atoms with Gasteiger partial charge in [-0.05, 0) is 44.2 Å². The van der Waals surface area contributed by atoms with E-state index in [4.69, 9.17) is 4.74 Å². The van der Waals surface area contributed by atoms with E-state index >= 15 is 0 Å². The minimum atomic E-state index is -0.327. The van der Waals surface area contributed by atoms with Gasteiger partial charge in [-0.2, -0.15) is 0 Å². The summed E-state index contributed by atoms with van der Waals surface area (Å²) in [6, 6.07) is 7.91. The molecule has 0 spiro atoms. The van der Waals surface area contributed by atoms with Crippen LogP contribution in [-0.4, -0.2) is 81.9 Å². The van der Waals surface area contributed by atoms with Crippen LogP contribution in [0.4, 0.5) is 4.79 Å². The van der Waals surface area contributed by atoms with E-state index in [1.54, 1.807) is 14.1 Å². The smallest absolute Gasteiger partial charge is 0.410 e. The Balaban J connectivity index is 2.21. The van der Waals surface area contributed by atoms with E-state index in [2.05, 4.69) is 41.2 Å². The van der Waals surface area contributed by atoms with Crippen molar-refractivity contribution in [1.82, 2.24) is 4.90 Å². The highest BCUT2D eigenvalue weighted by Crippen LogP contribution is 2.23. The van der Waals surface area contributed by atoms with Crippen molar-refractivity contribution in [1.29, 1.82) is 0 Å². The fraction of sp³-hybridized carbons (Fsp3) is 0.750. The molecule has 0 fully saturated rings. The number of carbonyl (C=O) groups excluding carboxylic acids is 1. The number of hydrogen-bond acceptors (Lipinski definition) is 2. The summed E-state index contributed by atoms with van der Waals surface area (Å²) in [5.41, 5.74) is 1.09. The molecular weight excluding hydrogens is 410 g/mol. The van der Waals surface area contributed by atoms with Gasteiger partial charge in [-0.1, -0.05) is 51.2 Å². The molecule has 0 saturated heterocycles. The molecule has 0 aromatic heterocycles. The monoisotopic (exact) mass is 463 g/mol. The molecule has 190 valence electrons. The van der Waals surface area contributed by atoms with Crippen LogP contribution in [0.3, 0.4) is 0 Å². The Hall–Kier alpha value is -1.59. The van der Waals surface area contributed by atoms with Gasteiger partial charge in [0.05, 0.1) is 47.8 Å². The minimum absolute atomic E-state index is 0.327. The third kappa shape index (κ3) is 13.6. The first-order chi connectivity index (χ1) is 15.6. The van der Waals surface area contributed by atoms with Crippen LogP contribution in [0.5, 0.6) is 5.75 Å². The van der Waals surface area contributed by atoms with E-state index in [0.29, 0.717) is 5.75 Å². The summed E-state index contributed by atoms with van der Waals surface area (Å²) in [7, 11) is 12.7. The first-order valence-corrected chi connectivity index (χ1v) is 13.2. The van der Waals surface area contributed by atoms with Crippen molar-refractivity contribution in [2.24, 2.45) is 0 Å².